The molecule has 0 heterocycles. The summed E-state index contributed by atoms with van der Waals surface area (Å²) in [6.07, 6.45) is -0.185. The Morgan fingerprint density at radius 1 is 1.11 bits per heavy atom. The Bertz CT molecular complexity index is 323. The van der Waals surface area contributed by atoms with Crippen molar-refractivity contribution in [1.29, 1.82) is 0 Å². The number of nitrogens with one attached hydrogen (secondary N) is 1. The molecule has 1 N–H and O–H groups in total. The maximum atomic E-state index is 5.87. The van der Waals surface area contributed by atoms with Crippen molar-refractivity contribution in [1.82, 2.24) is 5.32 Å². The molecule has 3 nitrogen and oxygen atoms in total. The van der Waals surface area contributed by atoms with Crippen LogP contribution in [0.5, 0.6) is 0 Å². The van der Waals surface area contributed by atoms with Crippen LogP contribution in [-0.2, 0) is 9.47 Å². The second-order valence-electron chi connectivity index (χ2n) is 4.02. The topological polar surface area (TPSA) is 30.5 Å². The summed E-state index contributed by atoms with van der Waals surface area (Å²) in [6.45, 7) is 8.02. The standard InChI is InChI=1S/C14H22ClNO2/c1-4-17-14(18-5-2)10-16-11(3)12-6-8-13(15)9-7-12/h6-9,11,14,16H,4-5,10H2,1-3H3/t11-/m0/s1. The molecular weight excluding hydrogens is 250 g/mol. The van der Waals surface area contributed by atoms with E-state index in [1.165, 1.54) is 5.56 Å². The summed E-state index contributed by atoms with van der Waals surface area (Å²) in [7, 11) is 0. The quantitative estimate of drug-likeness (QED) is 0.735. The second kappa shape index (κ2) is 8.48. The van der Waals surface area contributed by atoms with Crippen LogP contribution >= 0.6 is 11.6 Å². The first kappa shape index (κ1) is 15.4. The summed E-state index contributed by atoms with van der Waals surface area (Å²) < 4.78 is 11.0. The third-order valence-corrected chi connectivity index (χ3v) is 2.92. The molecule has 1 aromatic rings. The number of hydrogen-bond acceptors (Lipinski definition) is 3. The lowest BCUT2D eigenvalue weighted by Gasteiger charge is -2.21. The summed E-state index contributed by atoms with van der Waals surface area (Å²) in [5.74, 6) is 0. The van der Waals surface area contributed by atoms with Crippen molar-refractivity contribution in [2.45, 2.75) is 33.1 Å². The molecule has 0 aliphatic heterocycles. The van der Waals surface area contributed by atoms with Gasteiger partial charge < -0.3 is 14.8 Å². The van der Waals surface area contributed by atoms with Crippen molar-refractivity contribution in [3.63, 3.8) is 0 Å². The van der Waals surface area contributed by atoms with Crippen LogP contribution < -0.4 is 5.32 Å². The lowest BCUT2D eigenvalue weighted by atomic mass is 10.1. The number of benzene rings is 1. The van der Waals surface area contributed by atoms with Gasteiger partial charge in [0.2, 0.25) is 0 Å². The van der Waals surface area contributed by atoms with Gasteiger partial charge in [-0.05, 0) is 38.5 Å². The van der Waals surface area contributed by atoms with E-state index in [1.807, 2.05) is 38.1 Å². The second-order valence-corrected chi connectivity index (χ2v) is 4.46. The minimum atomic E-state index is -0.185. The predicted molar refractivity (Wildman–Crippen MR) is 74.9 cm³/mol. The monoisotopic (exact) mass is 271 g/mol. The van der Waals surface area contributed by atoms with E-state index < -0.39 is 0 Å². The molecule has 0 aliphatic rings. The summed E-state index contributed by atoms with van der Waals surface area (Å²) >= 11 is 5.87. The highest BCUT2D eigenvalue weighted by Crippen LogP contribution is 2.16. The molecular formula is C14H22ClNO2. The average molecular weight is 272 g/mol. The van der Waals surface area contributed by atoms with Crippen molar-refractivity contribution < 1.29 is 9.47 Å². The van der Waals surface area contributed by atoms with E-state index in [2.05, 4.69) is 12.2 Å². The molecule has 1 rings (SSSR count). The van der Waals surface area contributed by atoms with Crippen LogP contribution in [0, 0.1) is 0 Å². The van der Waals surface area contributed by atoms with Gasteiger partial charge in [-0.1, -0.05) is 23.7 Å². The number of rotatable bonds is 8. The molecule has 0 saturated carbocycles. The molecule has 4 heteroatoms. The smallest absolute Gasteiger partial charge is 0.169 e. The van der Waals surface area contributed by atoms with Crippen LogP contribution in [0.3, 0.4) is 0 Å². The van der Waals surface area contributed by atoms with Gasteiger partial charge in [-0.25, -0.2) is 0 Å². The minimum absolute atomic E-state index is 0.185. The van der Waals surface area contributed by atoms with E-state index >= 15 is 0 Å². The molecule has 0 saturated heterocycles. The highest BCUT2D eigenvalue weighted by molar-refractivity contribution is 6.30. The van der Waals surface area contributed by atoms with Crippen molar-refractivity contribution in [2.24, 2.45) is 0 Å². The Labute approximate surface area is 114 Å². The molecule has 0 fully saturated rings. The van der Waals surface area contributed by atoms with Crippen LogP contribution in [0.15, 0.2) is 24.3 Å². The lowest BCUT2D eigenvalue weighted by Crippen LogP contribution is -2.33. The first-order valence-electron chi connectivity index (χ1n) is 6.39. The molecule has 0 aliphatic carbocycles. The molecule has 1 atom stereocenters. The third kappa shape index (κ3) is 5.36. The molecule has 0 radical (unpaired) electrons. The van der Waals surface area contributed by atoms with Crippen LogP contribution in [0.2, 0.25) is 5.02 Å². The maximum Gasteiger partial charge on any atom is 0.169 e. The zero-order valence-electron chi connectivity index (χ0n) is 11.3. The van der Waals surface area contributed by atoms with Crippen LogP contribution in [0.4, 0.5) is 0 Å². The molecule has 0 aromatic heterocycles. The van der Waals surface area contributed by atoms with Gasteiger partial charge in [0.05, 0.1) is 0 Å². The molecule has 0 bridgehead atoms. The van der Waals surface area contributed by atoms with E-state index in [1.54, 1.807) is 0 Å². The highest BCUT2D eigenvalue weighted by atomic mass is 35.5. The number of hydrogen-bond donors (Lipinski definition) is 1. The summed E-state index contributed by atoms with van der Waals surface area (Å²) in [5.41, 5.74) is 1.20. The zero-order valence-corrected chi connectivity index (χ0v) is 12.0. The van der Waals surface area contributed by atoms with Gasteiger partial charge in [0.15, 0.2) is 6.29 Å². The third-order valence-electron chi connectivity index (χ3n) is 2.67. The molecule has 18 heavy (non-hydrogen) atoms. The fraction of sp³-hybridized carbons (Fsp3) is 0.571. The highest BCUT2D eigenvalue weighted by Gasteiger charge is 2.10. The normalized spacial score (nSPS) is 12.9. The average Bonchev–Trinajstić information content (AvgIpc) is 2.37. The zero-order chi connectivity index (χ0) is 13.4. The fourth-order valence-corrected chi connectivity index (χ4v) is 1.81. The van der Waals surface area contributed by atoms with E-state index in [4.69, 9.17) is 21.1 Å². The fourth-order valence-electron chi connectivity index (χ4n) is 1.68. The van der Waals surface area contributed by atoms with Crippen LogP contribution in [0.25, 0.3) is 0 Å². The number of halogens is 1. The Morgan fingerprint density at radius 3 is 2.17 bits per heavy atom. The predicted octanol–water partition coefficient (Wildman–Crippen LogP) is 3.39. The van der Waals surface area contributed by atoms with E-state index in [9.17, 15) is 0 Å². The first-order valence-corrected chi connectivity index (χ1v) is 6.77. The largest absolute Gasteiger partial charge is 0.352 e. The van der Waals surface area contributed by atoms with Gasteiger partial charge in [-0.3, -0.25) is 0 Å². The lowest BCUT2D eigenvalue weighted by molar-refractivity contribution is -0.133. The summed E-state index contributed by atoms with van der Waals surface area (Å²) in [4.78, 5) is 0. The van der Waals surface area contributed by atoms with E-state index in [-0.39, 0.29) is 12.3 Å². The minimum Gasteiger partial charge on any atom is -0.352 e. The van der Waals surface area contributed by atoms with Crippen LogP contribution in [0.1, 0.15) is 32.4 Å². The first-order chi connectivity index (χ1) is 8.67. The summed E-state index contributed by atoms with van der Waals surface area (Å²) in [6, 6.07) is 8.09. The van der Waals surface area contributed by atoms with Crippen molar-refractivity contribution in [2.75, 3.05) is 19.8 Å². The Balaban J connectivity index is 2.43. The Hall–Kier alpha value is -0.610. The van der Waals surface area contributed by atoms with Gasteiger partial charge >= 0.3 is 0 Å². The maximum absolute atomic E-state index is 5.87. The SMILES string of the molecule is CCOC(CN[C@@H](C)c1ccc(Cl)cc1)OCC. The van der Waals surface area contributed by atoms with Gasteiger partial charge in [0, 0.05) is 30.8 Å². The van der Waals surface area contributed by atoms with E-state index in [0.29, 0.717) is 19.8 Å². The van der Waals surface area contributed by atoms with Crippen molar-refractivity contribution in [3.05, 3.63) is 34.9 Å². The van der Waals surface area contributed by atoms with Gasteiger partial charge in [-0.2, -0.15) is 0 Å². The molecule has 0 spiro atoms. The molecule has 0 amide bonds. The van der Waals surface area contributed by atoms with Gasteiger partial charge in [0.1, 0.15) is 0 Å². The molecule has 102 valence electrons. The Morgan fingerprint density at radius 2 is 1.67 bits per heavy atom. The Kier molecular flexibility index (Phi) is 7.28. The van der Waals surface area contributed by atoms with E-state index in [0.717, 1.165) is 5.02 Å². The molecule has 0 unspecified atom stereocenters. The summed E-state index contributed by atoms with van der Waals surface area (Å²) in [5, 5.41) is 4.15. The van der Waals surface area contributed by atoms with Gasteiger partial charge in [-0.15, -0.1) is 0 Å². The van der Waals surface area contributed by atoms with Crippen LogP contribution in [-0.4, -0.2) is 26.0 Å². The van der Waals surface area contributed by atoms with Crippen molar-refractivity contribution in [3.8, 4) is 0 Å². The van der Waals surface area contributed by atoms with Gasteiger partial charge in [0.25, 0.3) is 0 Å². The van der Waals surface area contributed by atoms with Crippen molar-refractivity contribution >= 4 is 11.6 Å². The number of ether oxygens (including phenoxy) is 2. The molecule has 1 aromatic carbocycles.